The number of esters is 1. The van der Waals surface area contributed by atoms with E-state index in [2.05, 4.69) is 16.7 Å². The predicted molar refractivity (Wildman–Crippen MR) is 150 cm³/mol. The Hall–Kier alpha value is -4.20. The van der Waals surface area contributed by atoms with Crippen molar-refractivity contribution >= 4 is 22.6 Å². The molecule has 1 aromatic heterocycles. The lowest BCUT2D eigenvalue weighted by Crippen LogP contribution is -2.07. The van der Waals surface area contributed by atoms with Crippen LogP contribution in [0.1, 0.15) is 71.5 Å². The summed E-state index contributed by atoms with van der Waals surface area (Å²) in [7, 11) is 1.40. The molecule has 0 bridgehead atoms. The molecule has 7 nitrogen and oxygen atoms in total. The first-order valence-corrected chi connectivity index (χ1v) is 13.9. The van der Waals surface area contributed by atoms with Gasteiger partial charge in [-0.05, 0) is 79.1 Å². The van der Waals surface area contributed by atoms with Crippen LogP contribution in [-0.2, 0) is 24.3 Å². The molecular formula is C32H31FN2O5. The van der Waals surface area contributed by atoms with Crippen molar-refractivity contribution < 1.29 is 23.6 Å². The molecule has 1 aliphatic heterocycles. The van der Waals surface area contributed by atoms with Gasteiger partial charge in [0.2, 0.25) is 0 Å². The number of nitrogens with zero attached hydrogens (tertiary/aromatic N) is 2. The van der Waals surface area contributed by atoms with Crippen LogP contribution in [-0.4, -0.2) is 22.6 Å². The van der Waals surface area contributed by atoms with Crippen molar-refractivity contribution in [1.29, 1.82) is 0 Å². The number of carbonyl (C=O) groups excluding carboxylic acids is 1. The summed E-state index contributed by atoms with van der Waals surface area (Å²) in [6, 6.07) is 15.4. The van der Waals surface area contributed by atoms with Crippen molar-refractivity contribution in [2.24, 2.45) is 0 Å². The van der Waals surface area contributed by atoms with Gasteiger partial charge in [0.05, 0.1) is 23.3 Å². The van der Waals surface area contributed by atoms with Gasteiger partial charge in [0.1, 0.15) is 18.2 Å². The number of nitro groups is 1. The fourth-order valence-corrected chi connectivity index (χ4v) is 6.42. The van der Waals surface area contributed by atoms with Crippen molar-refractivity contribution in [3.8, 4) is 17.0 Å². The number of hydrogen-bond donors (Lipinski definition) is 0. The number of rotatable bonds is 6. The van der Waals surface area contributed by atoms with Crippen molar-refractivity contribution in [3.05, 3.63) is 92.8 Å². The Bertz CT molecular complexity index is 1620. The van der Waals surface area contributed by atoms with Crippen LogP contribution < -0.4 is 4.74 Å². The highest BCUT2D eigenvalue weighted by molar-refractivity contribution is 5.99. The number of hydrogen-bond acceptors (Lipinski definition) is 5. The zero-order chi connectivity index (χ0) is 27.8. The van der Waals surface area contributed by atoms with Crippen LogP contribution in [0.15, 0.2) is 54.6 Å². The van der Waals surface area contributed by atoms with Gasteiger partial charge in [-0.3, -0.25) is 10.1 Å². The lowest BCUT2D eigenvalue weighted by Gasteiger charge is -2.24. The summed E-state index contributed by atoms with van der Waals surface area (Å²) in [5, 5.41) is 12.3. The second-order valence-corrected chi connectivity index (χ2v) is 10.7. The molecule has 0 saturated heterocycles. The molecule has 1 saturated carbocycles. The SMILES string of the molecule is COC(=O)c1ccc2c(C3CCCCC3)c3n(c2c1)CCCc1cc(OCc2cc([N+](=O)[O-])ccc2F)ccc1-3. The predicted octanol–water partition coefficient (Wildman–Crippen LogP) is 7.72. The Labute approximate surface area is 231 Å². The number of fused-ring (bicyclic) bond motifs is 5. The Morgan fingerprint density at radius 2 is 1.88 bits per heavy atom. The molecule has 0 spiro atoms. The van der Waals surface area contributed by atoms with Gasteiger partial charge in [-0.2, -0.15) is 0 Å². The molecule has 1 fully saturated rings. The van der Waals surface area contributed by atoms with E-state index in [1.54, 1.807) is 0 Å². The highest BCUT2D eigenvalue weighted by Gasteiger charge is 2.29. The van der Waals surface area contributed by atoms with Gasteiger partial charge in [-0.25, -0.2) is 9.18 Å². The van der Waals surface area contributed by atoms with Gasteiger partial charge in [-0.15, -0.1) is 0 Å². The Morgan fingerprint density at radius 1 is 1.05 bits per heavy atom. The minimum absolute atomic E-state index is 0.101. The lowest BCUT2D eigenvalue weighted by atomic mass is 9.81. The van der Waals surface area contributed by atoms with E-state index < -0.39 is 10.7 Å². The average molecular weight is 543 g/mol. The molecule has 2 aliphatic rings. The van der Waals surface area contributed by atoms with Crippen LogP contribution >= 0.6 is 0 Å². The number of ether oxygens (including phenoxy) is 2. The molecule has 3 aromatic carbocycles. The fourth-order valence-electron chi connectivity index (χ4n) is 6.42. The molecule has 4 aromatic rings. The van der Waals surface area contributed by atoms with Gasteiger partial charge in [0.15, 0.2) is 0 Å². The number of halogens is 1. The zero-order valence-corrected chi connectivity index (χ0v) is 22.5. The molecule has 8 heteroatoms. The van der Waals surface area contributed by atoms with Crippen molar-refractivity contribution in [2.75, 3.05) is 7.11 Å². The number of methoxy groups -OCH3 is 1. The summed E-state index contributed by atoms with van der Waals surface area (Å²) in [4.78, 5) is 23.0. The van der Waals surface area contributed by atoms with Crippen LogP contribution in [0.2, 0.25) is 0 Å². The van der Waals surface area contributed by atoms with E-state index >= 15 is 0 Å². The fraction of sp³-hybridized carbons (Fsp3) is 0.344. The van der Waals surface area contributed by atoms with Gasteiger partial charge >= 0.3 is 5.97 Å². The topological polar surface area (TPSA) is 83.6 Å². The molecule has 0 radical (unpaired) electrons. The first-order valence-electron chi connectivity index (χ1n) is 13.9. The normalized spacial score (nSPS) is 15.2. The summed E-state index contributed by atoms with van der Waals surface area (Å²) in [6.45, 7) is 0.725. The van der Waals surface area contributed by atoms with Crippen LogP contribution in [0.4, 0.5) is 10.1 Å². The summed E-state index contributed by atoms with van der Waals surface area (Å²) < 4.78 is 27.6. The van der Waals surface area contributed by atoms with Crippen LogP contribution in [0, 0.1) is 15.9 Å². The molecule has 0 atom stereocenters. The molecule has 0 amide bonds. The number of aryl methyl sites for hydroxylation is 2. The van der Waals surface area contributed by atoms with Crippen molar-refractivity contribution in [1.82, 2.24) is 4.57 Å². The Balaban J connectivity index is 1.41. The Morgan fingerprint density at radius 3 is 2.65 bits per heavy atom. The van der Waals surface area contributed by atoms with E-state index in [9.17, 15) is 19.3 Å². The summed E-state index contributed by atoms with van der Waals surface area (Å²) in [6.07, 6.45) is 7.75. The highest BCUT2D eigenvalue weighted by Crippen LogP contribution is 2.46. The molecule has 6 rings (SSSR count). The summed E-state index contributed by atoms with van der Waals surface area (Å²) >= 11 is 0. The minimum Gasteiger partial charge on any atom is -0.489 e. The first-order chi connectivity index (χ1) is 19.4. The first kappa shape index (κ1) is 26.0. The number of nitro benzene ring substituents is 1. The lowest BCUT2D eigenvalue weighted by molar-refractivity contribution is -0.385. The van der Waals surface area contributed by atoms with Gasteiger partial charge in [0.25, 0.3) is 5.69 Å². The van der Waals surface area contributed by atoms with E-state index in [0.29, 0.717) is 17.2 Å². The minimum atomic E-state index is -0.539. The molecule has 2 heterocycles. The Kier molecular flexibility index (Phi) is 7.00. The average Bonchev–Trinajstić information content (AvgIpc) is 3.17. The summed E-state index contributed by atoms with van der Waals surface area (Å²) in [5.41, 5.74) is 6.48. The molecular weight excluding hydrogens is 511 g/mol. The van der Waals surface area contributed by atoms with Gasteiger partial charge in [0, 0.05) is 40.7 Å². The number of aromatic nitrogens is 1. The van der Waals surface area contributed by atoms with E-state index in [1.807, 2.05) is 24.3 Å². The second kappa shape index (κ2) is 10.8. The molecule has 206 valence electrons. The highest BCUT2D eigenvalue weighted by atomic mass is 19.1. The van der Waals surface area contributed by atoms with E-state index in [4.69, 9.17) is 9.47 Å². The van der Waals surface area contributed by atoms with Gasteiger partial charge in [-0.1, -0.05) is 25.3 Å². The van der Waals surface area contributed by atoms with Gasteiger partial charge < -0.3 is 14.0 Å². The monoisotopic (exact) mass is 542 g/mol. The maximum absolute atomic E-state index is 14.3. The number of carbonyl (C=O) groups is 1. The zero-order valence-electron chi connectivity index (χ0n) is 22.5. The van der Waals surface area contributed by atoms with Crippen LogP contribution in [0.5, 0.6) is 5.75 Å². The number of benzene rings is 3. The smallest absolute Gasteiger partial charge is 0.337 e. The third-order valence-electron chi connectivity index (χ3n) is 8.33. The second-order valence-electron chi connectivity index (χ2n) is 10.7. The van der Waals surface area contributed by atoms with Crippen LogP contribution in [0.3, 0.4) is 0 Å². The van der Waals surface area contributed by atoms with E-state index in [-0.39, 0.29) is 23.8 Å². The maximum atomic E-state index is 14.3. The number of non-ortho nitro benzene ring substituents is 1. The standard InChI is InChI=1S/C32H31FN2O5/c1-39-32(36)22-9-12-27-29(18-22)34-15-5-8-21-17-25(40-19-23-16-24(35(37)38)10-14-28(23)33)11-13-26(21)31(34)30(27)20-6-3-2-4-7-20/h9-14,16-18,20H,2-8,15,19H2,1H3. The quantitative estimate of drug-likeness (QED) is 0.142. The van der Waals surface area contributed by atoms with Crippen molar-refractivity contribution in [3.63, 3.8) is 0 Å². The third-order valence-corrected chi connectivity index (χ3v) is 8.33. The third kappa shape index (κ3) is 4.72. The van der Waals surface area contributed by atoms with E-state index in [1.165, 1.54) is 49.1 Å². The largest absolute Gasteiger partial charge is 0.489 e. The van der Waals surface area contributed by atoms with E-state index in [0.717, 1.165) is 61.0 Å². The molecule has 40 heavy (non-hydrogen) atoms. The molecule has 1 aliphatic carbocycles. The molecule has 0 unspecified atom stereocenters. The van der Waals surface area contributed by atoms with Crippen LogP contribution in [0.25, 0.3) is 22.2 Å². The van der Waals surface area contributed by atoms with Crippen molar-refractivity contribution in [2.45, 2.75) is 64.0 Å². The summed E-state index contributed by atoms with van der Waals surface area (Å²) in [5.74, 6) is 0.178. The maximum Gasteiger partial charge on any atom is 0.337 e. The molecule has 0 N–H and O–H groups in total.